The Labute approximate surface area is 177 Å². The Morgan fingerprint density at radius 1 is 1.13 bits per heavy atom. The van der Waals surface area contributed by atoms with Crippen LogP contribution in [0.5, 0.6) is 5.75 Å². The summed E-state index contributed by atoms with van der Waals surface area (Å²) in [6.07, 6.45) is 5.52. The van der Waals surface area contributed by atoms with Gasteiger partial charge in [0, 0.05) is 49.2 Å². The van der Waals surface area contributed by atoms with Gasteiger partial charge in [0.1, 0.15) is 5.75 Å². The first-order chi connectivity index (χ1) is 14.4. The monoisotopic (exact) mass is 426 g/mol. The van der Waals surface area contributed by atoms with Crippen molar-refractivity contribution in [1.82, 2.24) is 19.1 Å². The number of sulfonamides is 1. The smallest absolute Gasteiger partial charge is 0.243 e. The lowest BCUT2D eigenvalue weighted by molar-refractivity contribution is 0.312. The van der Waals surface area contributed by atoms with Crippen LogP contribution in [0.3, 0.4) is 0 Å². The van der Waals surface area contributed by atoms with Gasteiger partial charge in [-0.05, 0) is 61.7 Å². The normalized spacial score (nSPS) is 17.8. The summed E-state index contributed by atoms with van der Waals surface area (Å²) in [5, 5.41) is 4.25. The molecule has 30 heavy (non-hydrogen) atoms. The van der Waals surface area contributed by atoms with Gasteiger partial charge in [-0.3, -0.25) is 9.67 Å². The van der Waals surface area contributed by atoms with Crippen LogP contribution < -0.4 is 4.74 Å². The Balaban J connectivity index is 1.60. The summed E-state index contributed by atoms with van der Waals surface area (Å²) in [7, 11) is -0.107. The number of hydrogen-bond acceptors (Lipinski definition) is 5. The Morgan fingerprint density at radius 3 is 2.57 bits per heavy atom. The minimum Gasteiger partial charge on any atom is -0.497 e. The molecule has 158 valence electrons. The molecule has 0 radical (unpaired) electrons. The van der Waals surface area contributed by atoms with E-state index < -0.39 is 10.0 Å². The molecule has 0 aliphatic carbocycles. The molecule has 7 nitrogen and oxygen atoms in total. The summed E-state index contributed by atoms with van der Waals surface area (Å²) in [6.45, 7) is 2.92. The Bertz CT molecular complexity index is 1140. The van der Waals surface area contributed by atoms with Crippen molar-refractivity contribution in [2.45, 2.75) is 30.6 Å². The van der Waals surface area contributed by atoms with Crippen molar-refractivity contribution in [3.8, 4) is 16.9 Å². The van der Waals surface area contributed by atoms with Crippen LogP contribution in [-0.4, -0.2) is 47.7 Å². The number of methoxy groups -OCH3 is 1. The lowest BCUT2D eigenvalue weighted by Crippen LogP contribution is -2.39. The van der Waals surface area contributed by atoms with Gasteiger partial charge < -0.3 is 4.74 Å². The highest BCUT2D eigenvalue weighted by molar-refractivity contribution is 7.89. The highest BCUT2D eigenvalue weighted by atomic mass is 32.2. The number of ether oxygens (including phenoxy) is 1. The molecule has 0 saturated carbocycles. The fourth-order valence-corrected chi connectivity index (χ4v) is 5.46. The molecule has 3 aromatic rings. The van der Waals surface area contributed by atoms with Crippen LogP contribution in [0.4, 0.5) is 0 Å². The highest BCUT2D eigenvalue weighted by Gasteiger charge is 2.31. The Morgan fingerprint density at radius 2 is 1.90 bits per heavy atom. The fourth-order valence-electron chi connectivity index (χ4n) is 3.94. The number of nitrogens with zero attached hydrogens (tertiary/aromatic N) is 4. The quantitative estimate of drug-likeness (QED) is 0.625. The van der Waals surface area contributed by atoms with E-state index in [-0.39, 0.29) is 10.8 Å². The van der Waals surface area contributed by atoms with E-state index in [2.05, 4.69) is 11.2 Å². The second-order valence-corrected chi connectivity index (χ2v) is 9.64. The SMILES string of the molecule is COc1ccc(S(=O)(=O)N2CCC[C@H](c3cc(-c4cnn(C)c4)cc(C)n3)C2)cc1. The summed E-state index contributed by atoms with van der Waals surface area (Å²) < 4.78 is 34.8. The molecule has 1 saturated heterocycles. The largest absolute Gasteiger partial charge is 0.497 e. The van der Waals surface area contributed by atoms with Crippen molar-refractivity contribution in [3.05, 3.63) is 60.2 Å². The van der Waals surface area contributed by atoms with Gasteiger partial charge in [0.05, 0.1) is 18.2 Å². The molecule has 1 aromatic carbocycles. The molecule has 1 atom stereocenters. The highest BCUT2D eigenvalue weighted by Crippen LogP contribution is 2.32. The molecular weight excluding hydrogens is 400 g/mol. The topological polar surface area (TPSA) is 77.3 Å². The molecule has 1 aliphatic rings. The van der Waals surface area contributed by atoms with Crippen LogP contribution in [0.15, 0.2) is 53.7 Å². The predicted molar refractivity (Wildman–Crippen MR) is 115 cm³/mol. The molecule has 3 heterocycles. The van der Waals surface area contributed by atoms with Crippen molar-refractivity contribution in [2.24, 2.45) is 7.05 Å². The third kappa shape index (κ3) is 4.11. The minimum absolute atomic E-state index is 0.0575. The first-order valence-electron chi connectivity index (χ1n) is 9.98. The van der Waals surface area contributed by atoms with E-state index in [1.54, 1.807) is 40.4 Å². The predicted octanol–water partition coefficient (Wildman–Crippen LogP) is 3.37. The number of hydrogen-bond donors (Lipinski definition) is 0. The zero-order chi connectivity index (χ0) is 21.3. The second kappa shape index (κ2) is 8.20. The van der Waals surface area contributed by atoms with Crippen molar-refractivity contribution >= 4 is 10.0 Å². The molecule has 1 fully saturated rings. The average molecular weight is 427 g/mol. The van der Waals surface area contributed by atoms with Crippen molar-refractivity contribution < 1.29 is 13.2 Å². The van der Waals surface area contributed by atoms with E-state index in [9.17, 15) is 8.42 Å². The maximum absolute atomic E-state index is 13.2. The average Bonchev–Trinajstić information content (AvgIpc) is 3.20. The second-order valence-electron chi connectivity index (χ2n) is 7.70. The number of rotatable bonds is 5. The Hall–Kier alpha value is -2.71. The van der Waals surface area contributed by atoms with E-state index in [4.69, 9.17) is 9.72 Å². The summed E-state index contributed by atoms with van der Waals surface area (Å²) in [5.41, 5.74) is 3.94. The molecule has 0 unspecified atom stereocenters. The molecule has 0 bridgehead atoms. The van der Waals surface area contributed by atoms with Crippen molar-refractivity contribution in [1.29, 1.82) is 0 Å². The maximum Gasteiger partial charge on any atom is 0.243 e. The van der Waals surface area contributed by atoms with Crippen molar-refractivity contribution in [2.75, 3.05) is 20.2 Å². The van der Waals surface area contributed by atoms with Gasteiger partial charge in [0.2, 0.25) is 10.0 Å². The van der Waals surface area contributed by atoms with Gasteiger partial charge >= 0.3 is 0 Å². The molecule has 2 aromatic heterocycles. The number of aromatic nitrogens is 3. The van der Waals surface area contributed by atoms with E-state index in [0.29, 0.717) is 18.8 Å². The van der Waals surface area contributed by atoms with Gasteiger partial charge in [-0.1, -0.05) is 0 Å². The van der Waals surface area contributed by atoms with Crippen LogP contribution in [0.2, 0.25) is 0 Å². The molecule has 0 amide bonds. The van der Waals surface area contributed by atoms with Gasteiger partial charge in [0.25, 0.3) is 0 Å². The van der Waals surface area contributed by atoms with Crippen LogP contribution in [-0.2, 0) is 17.1 Å². The zero-order valence-electron chi connectivity index (χ0n) is 17.4. The molecule has 4 rings (SSSR count). The van der Waals surface area contributed by atoms with Crippen LogP contribution in [0.25, 0.3) is 11.1 Å². The Kier molecular flexibility index (Phi) is 5.62. The fraction of sp³-hybridized carbons (Fsp3) is 0.364. The lowest BCUT2D eigenvalue weighted by atomic mass is 9.93. The molecule has 0 N–H and O–H groups in total. The molecule has 0 spiro atoms. The van der Waals surface area contributed by atoms with E-state index >= 15 is 0 Å². The van der Waals surface area contributed by atoms with Gasteiger partial charge in [-0.25, -0.2) is 8.42 Å². The maximum atomic E-state index is 13.2. The van der Waals surface area contributed by atoms with E-state index in [1.807, 2.05) is 32.4 Å². The summed E-state index contributed by atoms with van der Waals surface area (Å²) >= 11 is 0. The number of aryl methyl sites for hydroxylation is 2. The lowest BCUT2D eigenvalue weighted by Gasteiger charge is -2.32. The van der Waals surface area contributed by atoms with E-state index in [0.717, 1.165) is 35.4 Å². The number of benzene rings is 1. The number of pyridine rings is 1. The third-order valence-electron chi connectivity index (χ3n) is 5.51. The first-order valence-corrected chi connectivity index (χ1v) is 11.4. The standard InChI is InChI=1S/C22H26N4O3S/c1-16-11-18(19-13-23-25(2)14-19)12-22(24-16)17-5-4-10-26(15-17)30(27,28)21-8-6-20(29-3)7-9-21/h6-9,11-14,17H,4-5,10,15H2,1-3H3/t17-/m0/s1. The van der Waals surface area contributed by atoms with Gasteiger partial charge in [-0.2, -0.15) is 9.40 Å². The molecule has 8 heteroatoms. The molecule has 1 aliphatic heterocycles. The van der Waals surface area contributed by atoms with Crippen LogP contribution in [0.1, 0.15) is 30.1 Å². The summed E-state index contributed by atoms with van der Waals surface area (Å²) in [5.74, 6) is 0.694. The van der Waals surface area contributed by atoms with Crippen LogP contribution >= 0.6 is 0 Å². The third-order valence-corrected chi connectivity index (χ3v) is 7.39. The van der Waals surface area contributed by atoms with Crippen molar-refractivity contribution in [3.63, 3.8) is 0 Å². The summed E-state index contributed by atoms with van der Waals surface area (Å²) in [4.78, 5) is 5.03. The molecular formula is C22H26N4O3S. The minimum atomic E-state index is -3.56. The van der Waals surface area contributed by atoms with Gasteiger partial charge in [0.15, 0.2) is 0 Å². The first kappa shape index (κ1) is 20.6. The van der Waals surface area contributed by atoms with E-state index in [1.165, 1.54) is 0 Å². The zero-order valence-corrected chi connectivity index (χ0v) is 18.3. The van der Waals surface area contributed by atoms with Crippen LogP contribution in [0, 0.1) is 6.92 Å². The van der Waals surface area contributed by atoms with Gasteiger partial charge in [-0.15, -0.1) is 0 Å². The number of piperidine rings is 1. The summed E-state index contributed by atoms with van der Waals surface area (Å²) in [6, 6.07) is 10.7.